The minimum Gasteiger partial charge on any atom is -0.355 e. The highest BCUT2D eigenvalue weighted by atomic mass is 32.1. The average Bonchev–Trinajstić information content (AvgIpc) is 3.33. The van der Waals surface area contributed by atoms with Crippen molar-refractivity contribution in [1.29, 1.82) is 0 Å². The van der Waals surface area contributed by atoms with E-state index < -0.39 is 0 Å². The Morgan fingerprint density at radius 2 is 1.97 bits per heavy atom. The lowest BCUT2D eigenvalue weighted by molar-refractivity contribution is -0.137. The summed E-state index contributed by atoms with van der Waals surface area (Å²) in [6, 6.07) is 10.9. The van der Waals surface area contributed by atoms with Crippen molar-refractivity contribution in [2.45, 2.75) is 19.4 Å². The second-order valence-electron chi connectivity index (χ2n) is 8.73. The van der Waals surface area contributed by atoms with E-state index in [0.29, 0.717) is 0 Å². The van der Waals surface area contributed by atoms with Crippen LogP contribution >= 0.6 is 11.3 Å². The van der Waals surface area contributed by atoms with Crippen LogP contribution in [0.2, 0.25) is 0 Å². The fraction of sp³-hybridized carbons (Fsp3) is 0.400. The van der Waals surface area contributed by atoms with Gasteiger partial charge in [-0.05, 0) is 42.7 Å². The summed E-state index contributed by atoms with van der Waals surface area (Å²) in [5.74, 6) is 0.945. The van der Waals surface area contributed by atoms with Crippen molar-refractivity contribution in [3.8, 4) is 10.4 Å². The van der Waals surface area contributed by atoms with E-state index in [0.717, 1.165) is 74.9 Å². The van der Waals surface area contributed by atoms with Gasteiger partial charge in [0.2, 0.25) is 5.91 Å². The van der Waals surface area contributed by atoms with Crippen LogP contribution in [0.4, 0.5) is 10.2 Å². The number of piperidine rings is 1. The molecule has 0 unspecified atom stereocenters. The van der Waals surface area contributed by atoms with Gasteiger partial charge in [0.25, 0.3) is 0 Å². The van der Waals surface area contributed by atoms with Gasteiger partial charge in [0.1, 0.15) is 11.6 Å². The van der Waals surface area contributed by atoms with Gasteiger partial charge in [0, 0.05) is 68.0 Å². The SMILES string of the molecule is O=C([C@H]1CCCN(c2cnccn2)C1)N1CCN(Cc2ccc(-c3cccc(F)c3)s2)CC1. The molecule has 6 nitrogen and oxygen atoms in total. The first-order valence-electron chi connectivity index (χ1n) is 11.5. The highest BCUT2D eigenvalue weighted by Gasteiger charge is 2.31. The second kappa shape index (κ2) is 9.97. The number of aromatic nitrogens is 2. The van der Waals surface area contributed by atoms with Crippen molar-refractivity contribution in [2.75, 3.05) is 44.2 Å². The van der Waals surface area contributed by atoms with E-state index in [1.54, 1.807) is 42.1 Å². The Bertz CT molecular complexity index is 1080. The van der Waals surface area contributed by atoms with Crippen molar-refractivity contribution < 1.29 is 9.18 Å². The second-order valence-corrected chi connectivity index (χ2v) is 9.89. The van der Waals surface area contributed by atoms with Crippen LogP contribution in [0.15, 0.2) is 55.0 Å². The van der Waals surface area contributed by atoms with Gasteiger partial charge in [0.15, 0.2) is 0 Å². The molecular weight excluding hydrogens is 437 g/mol. The molecule has 2 aromatic heterocycles. The Hall–Kier alpha value is -2.84. The first-order chi connectivity index (χ1) is 16.2. The Kier molecular flexibility index (Phi) is 6.64. The molecule has 0 radical (unpaired) electrons. The van der Waals surface area contributed by atoms with Crippen molar-refractivity contribution in [1.82, 2.24) is 19.8 Å². The molecule has 0 bridgehead atoms. The van der Waals surface area contributed by atoms with E-state index in [4.69, 9.17) is 0 Å². The van der Waals surface area contributed by atoms with E-state index in [2.05, 4.69) is 31.9 Å². The third kappa shape index (κ3) is 5.23. The Labute approximate surface area is 197 Å². The predicted octanol–water partition coefficient (Wildman–Crippen LogP) is 3.91. The van der Waals surface area contributed by atoms with Crippen LogP contribution in [0.5, 0.6) is 0 Å². The number of hydrogen-bond donors (Lipinski definition) is 0. The first kappa shape index (κ1) is 22.0. The van der Waals surface area contributed by atoms with Crippen LogP contribution in [0, 0.1) is 11.7 Å². The van der Waals surface area contributed by atoms with E-state index in [1.807, 2.05) is 11.0 Å². The number of benzene rings is 1. The smallest absolute Gasteiger partial charge is 0.227 e. The van der Waals surface area contributed by atoms with Crippen LogP contribution in [0.3, 0.4) is 0 Å². The molecule has 1 aromatic carbocycles. The normalized spacial score (nSPS) is 19.6. The molecule has 0 spiro atoms. The van der Waals surface area contributed by atoms with Crippen molar-refractivity contribution in [2.24, 2.45) is 5.92 Å². The molecular formula is C25H28FN5OS. The van der Waals surface area contributed by atoms with Gasteiger partial charge in [-0.2, -0.15) is 0 Å². The number of rotatable bonds is 5. The molecule has 0 saturated carbocycles. The van der Waals surface area contributed by atoms with Crippen LogP contribution in [0.1, 0.15) is 17.7 Å². The summed E-state index contributed by atoms with van der Waals surface area (Å²) in [4.78, 5) is 30.7. The molecule has 5 rings (SSSR count). The largest absolute Gasteiger partial charge is 0.355 e. The highest BCUT2D eigenvalue weighted by molar-refractivity contribution is 7.15. The Morgan fingerprint density at radius 3 is 2.76 bits per heavy atom. The number of anilines is 1. The molecule has 2 fully saturated rings. The highest BCUT2D eigenvalue weighted by Crippen LogP contribution is 2.29. The van der Waals surface area contributed by atoms with Gasteiger partial charge >= 0.3 is 0 Å². The fourth-order valence-corrected chi connectivity index (χ4v) is 5.75. The molecule has 1 atom stereocenters. The Balaban J connectivity index is 1.13. The minimum absolute atomic E-state index is 0.0263. The summed E-state index contributed by atoms with van der Waals surface area (Å²) >= 11 is 1.71. The van der Waals surface area contributed by atoms with Gasteiger partial charge < -0.3 is 9.80 Å². The summed E-state index contributed by atoms with van der Waals surface area (Å²) in [6.45, 7) is 5.79. The Morgan fingerprint density at radius 1 is 1.09 bits per heavy atom. The van der Waals surface area contributed by atoms with E-state index in [-0.39, 0.29) is 17.6 Å². The van der Waals surface area contributed by atoms with Crippen LogP contribution in [-0.4, -0.2) is 64.9 Å². The first-order valence-corrected chi connectivity index (χ1v) is 12.3. The number of amides is 1. The zero-order valence-electron chi connectivity index (χ0n) is 18.6. The zero-order chi connectivity index (χ0) is 22.6. The quantitative estimate of drug-likeness (QED) is 0.572. The van der Waals surface area contributed by atoms with Gasteiger partial charge in [0.05, 0.1) is 12.1 Å². The molecule has 172 valence electrons. The molecule has 2 saturated heterocycles. The third-order valence-electron chi connectivity index (χ3n) is 6.48. The number of nitrogens with zero attached hydrogens (tertiary/aromatic N) is 5. The zero-order valence-corrected chi connectivity index (χ0v) is 19.4. The number of carbonyl (C=O) groups excluding carboxylic acids is 1. The fourth-order valence-electron chi connectivity index (χ4n) is 4.71. The number of thiophene rings is 1. The maximum atomic E-state index is 13.5. The lowest BCUT2D eigenvalue weighted by Crippen LogP contribution is -2.52. The number of piperazine rings is 1. The molecule has 0 N–H and O–H groups in total. The van der Waals surface area contributed by atoms with Crippen LogP contribution in [0.25, 0.3) is 10.4 Å². The van der Waals surface area contributed by atoms with E-state index in [9.17, 15) is 9.18 Å². The molecule has 2 aliphatic rings. The predicted molar refractivity (Wildman–Crippen MR) is 129 cm³/mol. The van der Waals surface area contributed by atoms with Gasteiger partial charge in [-0.15, -0.1) is 11.3 Å². The van der Waals surface area contributed by atoms with Crippen molar-refractivity contribution in [3.63, 3.8) is 0 Å². The van der Waals surface area contributed by atoms with Gasteiger partial charge in [-0.1, -0.05) is 12.1 Å². The number of hydrogen-bond acceptors (Lipinski definition) is 6. The lowest BCUT2D eigenvalue weighted by atomic mass is 9.96. The average molecular weight is 466 g/mol. The molecule has 0 aliphatic carbocycles. The van der Waals surface area contributed by atoms with Crippen LogP contribution in [-0.2, 0) is 11.3 Å². The standard InChI is InChI=1S/C25H28FN5OS/c26-21-5-1-3-19(15-21)23-7-6-22(33-23)18-29-11-13-30(14-12-29)25(32)20-4-2-10-31(17-20)24-16-27-8-9-28-24/h1,3,5-9,15-16,20H,2,4,10-14,17-18H2/t20-/m0/s1. The number of halogens is 1. The monoisotopic (exact) mass is 465 g/mol. The topological polar surface area (TPSA) is 52.6 Å². The van der Waals surface area contributed by atoms with E-state index in [1.165, 1.54) is 10.9 Å². The minimum atomic E-state index is -0.207. The summed E-state index contributed by atoms with van der Waals surface area (Å²) in [5, 5.41) is 0. The van der Waals surface area contributed by atoms with E-state index >= 15 is 0 Å². The summed E-state index contributed by atoms with van der Waals surface area (Å²) in [6.07, 6.45) is 7.09. The van der Waals surface area contributed by atoms with Gasteiger partial charge in [-0.25, -0.2) is 9.37 Å². The maximum absolute atomic E-state index is 13.5. The van der Waals surface area contributed by atoms with Crippen molar-refractivity contribution >= 4 is 23.1 Å². The van der Waals surface area contributed by atoms with Crippen LogP contribution < -0.4 is 4.90 Å². The molecule has 3 aromatic rings. The molecule has 8 heteroatoms. The maximum Gasteiger partial charge on any atom is 0.227 e. The van der Waals surface area contributed by atoms with Crippen molar-refractivity contribution in [3.05, 3.63) is 65.7 Å². The molecule has 33 heavy (non-hydrogen) atoms. The third-order valence-corrected chi connectivity index (χ3v) is 7.60. The molecule has 1 amide bonds. The summed E-state index contributed by atoms with van der Waals surface area (Å²) in [7, 11) is 0. The summed E-state index contributed by atoms with van der Waals surface area (Å²) < 4.78 is 13.5. The molecule has 4 heterocycles. The lowest BCUT2D eigenvalue weighted by Gasteiger charge is -2.39. The van der Waals surface area contributed by atoms with Gasteiger partial charge in [-0.3, -0.25) is 14.7 Å². The number of carbonyl (C=O) groups is 1. The summed E-state index contributed by atoms with van der Waals surface area (Å²) in [5.41, 5.74) is 0.921. The molecule has 2 aliphatic heterocycles.